The Hall–Kier alpha value is -3.04. The summed E-state index contributed by atoms with van der Waals surface area (Å²) in [6, 6.07) is 9.95. The molecule has 8 nitrogen and oxygen atoms in total. The number of ether oxygens (including phenoxy) is 1. The Morgan fingerprint density at radius 1 is 1.20 bits per heavy atom. The summed E-state index contributed by atoms with van der Waals surface area (Å²) in [7, 11) is 0. The second-order valence-electron chi connectivity index (χ2n) is 6.94. The van der Waals surface area contributed by atoms with Crippen LogP contribution in [0.1, 0.15) is 23.0 Å². The van der Waals surface area contributed by atoms with E-state index in [1.807, 2.05) is 35.7 Å². The molecule has 1 aliphatic heterocycles. The molecular weight excluding hydrogens is 402 g/mol. The van der Waals surface area contributed by atoms with Gasteiger partial charge in [0.15, 0.2) is 0 Å². The van der Waals surface area contributed by atoms with Crippen LogP contribution in [0.3, 0.4) is 0 Å². The number of rotatable bonds is 7. The number of thiazole rings is 1. The van der Waals surface area contributed by atoms with Crippen LogP contribution in [0.15, 0.2) is 41.9 Å². The summed E-state index contributed by atoms with van der Waals surface area (Å²) in [6.45, 7) is 5.42. The van der Waals surface area contributed by atoms with Gasteiger partial charge in [-0.1, -0.05) is 30.3 Å². The van der Waals surface area contributed by atoms with E-state index in [4.69, 9.17) is 9.72 Å². The van der Waals surface area contributed by atoms with E-state index in [1.165, 1.54) is 11.3 Å². The van der Waals surface area contributed by atoms with Gasteiger partial charge < -0.3 is 9.64 Å². The smallest absolute Gasteiger partial charge is 0.341 e. The third kappa shape index (κ3) is 4.27. The van der Waals surface area contributed by atoms with Crippen molar-refractivity contribution in [3.63, 3.8) is 0 Å². The number of aromatic nitrogens is 3. The molecule has 0 radical (unpaired) electrons. The van der Waals surface area contributed by atoms with Crippen LogP contribution in [-0.4, -0.2) is 69.7 Å². The van der Waals surface area contributed by atoms with Crippen LogP contribution >= 0.6 is 11.3 Å². The number of hydrogen-bond acceptors (Lipinski definition) is 7. The number of hydrogen-bond donors (Lipinski definition) is 0. The van der Waals surface area contributed by atoms with Crippen molar-refractivity contribution in [3.05, 3.63) is 53.2 Å². The SMILES string of the molecule is CCOC(=O)c1cnn(-c2nc(-c3ccccc3)cs2)c1CN1CCN(C=O)CC1. The summed E-state index contributed by atoms with van der Waals surface area (Å²) in [5.74, 6) is -0.384. The van der Waals surface area contributed by atoms with Crippen molar-refractivity contribution in [2.24, 2.45) is 0 Å². The Morgan fingerprint density at radius 3 is 2.67 bits per heavy atom. The molecule has 0 unspecified atom stereocenters. The zero-order chi connectivity index (χ0) is 20.9. The molecule has 0 atom stereocenters. The van der Waals surface area contributed by atoms with E-state index in [9.17, 15) is 9.59 Å². The highest BCUT2D eigenvalue weighted by molar-refractivity contribution is 7.12. The van der Waals surface area contributed by atoms with E-state index in [0.29, 0.717) is 36.9 Å². The maximum absolute atomic E-state index is 12.5. The maximum Gasteiger partial charge on any atom is 0.341 e. The normalized spacial score (nSPS) is 14.6. The van der Waals surface area contributed by atoms with Crippen molar-refractivity contribution < 1.29 is 14.3 Å². The summed E-state index contributed by atoms with van der Waals surface area (Å²) in [6.07, 6.45) is 2.44. The zero-order valence-corrected chi connectivity index (χ0v) is 17.5. The number of carbonyl (C=O) groups excluding carboxylic acids is 2. The van der Waals surface area contributed by atoms with Gasteiger partial charge in [0.2, 0.25) is 11.5 Å². The Balaban J connectivity index is 1.64. The van der Waals surface area contributed by atoms with E-state index in [0.717, 1.165) is 36.5 Å². The van der Waals surface area contributed by atoms with Crippen molar-refractivity contribution in [1.29, 1.82) is 0 Å². The number of carbonyl (C=O) groups is 2. The Kier molecular flexibility index (Phi) is 6.20. The molecule has 0 saturated carbocycles. The minimum Gasteiger partial charge on any atom is -0.462 e. The van der Waals surface area contributed by atoms with Crippen LogP contribution in [0.4, 0.5) is 0 Å². The molecule has 0 bridgehead atoms. The Morgan fingerprint density at radius 2 is 1.97 bits per heavy atom. The van der Waals surface area contributed by atoms with Gasteiger partial charge in [0.1, 0.15) is 5.56 Å². The van der Waals surface area contributed by atoms with Gasteiger partial charge in [-0.05, 0) is 6.92 Å². The van der Waals surface area contributed by atoms with Crippen LogP contribution < -0.4 is 0 Å². The van der Waals surface area contributed by atoms with Gasteiger partial charge in [0, 0.05) is 43.7 Å². The van der Waals surface area contributed by atoms with Crippen molar-refractivity contribution in [3.8, 4) is 16.4 Å². The van der Waals surface area contributed by atoms with Crippen molar-refractivity contribution in [2.75, 3.05) is 32.8 Å². The lowest BCUT2D eigenvalue weighted by Crippen LogP contribution is -2.45. The van der Waals surface area contributed by atoms with Gasteiger partial charge >= 0.3 is 5.97 Å². The molecule has 9 heteroatoms. The highest BCUT2D eigenvalue weighted by Crippen LogP contribution is 2.26. The molecule has 2 aromatic heterocycles. The van der Waals surface area contributed by atoms with Crippen LogP contribution in [0.25, 0.3) is 16.4 Å². The molecule has 0 N–H and O–H groups in total. The van der Waals surface area contributed by atoms with Crippen LogP contribution in [-0.2, 0) is 16.1 Å². The second-order valence-corrected chi connectivity index (χ2v) is 7.77. The van der Waals surface area contributed by atoms with Crippen LogP contribution in [0, 0.1) is 0 Å². The van der Waals surface area contributed by atoms with Gasteiger partial charge in [0.05, 0.1) is 24.2 Å². The minimum absolute atomic E-state index is 0.302. The fourth-order valence-electron chi connectivity index (χ4n) is 3.41. The van der Waals surface area contributed by atoms with E-state index < -0.39 is 0 Å². The topological polar surface area (TPSA) is 80.6 Å². The van der Waals surface area contributed by atoms with E-state index in [2.05, 4.69) is 10.00 Å². The first-order chi connectivity index (χ1) is 14.7. The molecular formula is C21H23N5O3S. The molecule has 3 aromatic rings. The molecule has 1 saturated heterocycles. The quantitative estimate of drug-likeness (QED) is 0.427. The molecule has 1 aromatic carbocycles. The zero-order valence-electron chi connectivity index (χ0n) is 16.7. The van der Waals surface area contributed by atoms with Gasteiger partial charge in [0.25, 0.3) is 0 Å². The third-order valence-electron chi connectivity index (χ3n) is 5.04. The van der Waals surface area contributed by atoms with Gasteiger partial charge in [-0.2, -0.15) is 5.10 Å². The average molecular weight is 426 g/mol. The first kappa shape index (κ1) is 20.2. The summed E-state index contributed by atoms with van der Waals surface area (Å²) in [5, 5.41) is 7.15. The number of nitrogens with zero attached hydrogens (tertiary/aromatic N) is 5. The Labute approximate surface area is 178 Å². The van der Waals surface area contributed by atoms with Gasteiger partial charge in [-0.3, -0.25) is 9.69 Å². The molecule has 4 rings (SSSR count). The molecule has 1 fully saturated rings. The fraction of sp³-hybridized carbons (Fsp3) is 0.333. The lowest BCUT2D eigenvalue weighted by atomic mass is 10.2. The third-order valence-corrected chi connectivity index (χ3v) is 5.85. The largest absolute Gasteiger partial charge is 0.462 e. The van der Waals surface area contributed by atoms with Crippen LogP contribution in [0.5, 0.6) is 0 Å². The number of esters is 1. The van der Waals surface area contributed by atoms with Crippen molar-refractivity contribution in [1.82, 2.24) is 24.6 Å². The van der Waals surface area contributed by atoms with E-state index in [1.54, 1.807) is 22.7 Å². The molecule has 3 heterocycles. The summed E-state index contributed by atoms with van der Waals surface area (Å²) in [4.78, 5) is 32.2. The molecule has 0 aliphatic carbocycles. The summed E-state index contributed by atoms with van der Waals surface area (Å²) < 4.78 is 6.97. The predicted molar refractivity (Wildman–Crippen MR) is 114 cm³/mol. The first-order valence-electron chi connectivity index (χ1n) is 9.86. The summed E-state index contributed by atoms with van der Waals surface area (Å²) in [5.41, 5.74) is 3.10. The molecule has 1 aliphatic rings. The standard InChI is InChI=1S/C21H23N5O3S/c1-2-29-20(28)17-12-22-26(19(17)13-24-8-10-25(15-27)11-9-24)21-23-18(14-30-21)16-6-4-3-5-7-16/h3-7,12,14-15H,2,8-11,13H2,1H3. The van der Waals surface area contributed by atoms with Crippen LogP contribution in [0.2, 0.25) is 0 Å². The lowest BCUT2D eigenvalue weighted by Gasteiger charge is -2.32. The predicted octanol–water partition coefficient (Wildman–Crippen LogP) is 2.45. The minimum atomic E-state index is -0.384. The fourth-order valence-corrected chi connectivity index (χ4v) is 4.23. The van der Waals surface area contributed by atoms with E-state index in [-0.39, 0.29) is 5.97 Å². The highest BCUT2D eigenvalue weighted by atomic mass is 32.1. The number of benzene rings is 1. The van der Waals surface area contributed by atoms with E-state index >= 15 is 0 Å². The maximum atomic E-state index is 12.5. The van der Waals surface area contributed by atoms with Gasteiger partial charge in [-0.25, -0.2) is 14.5 Å². The molecule has 156 valence electrons. The molecule has 30 heavy (non-hydrogen) atoms. The lowest BCUT2D eigenvalue weighted by molar-refractivity contribution is -0.119. The van der Waals surface area contributed by atoms with Crippen molar-refractivity contribution in [2.45, 2.75) is 13.5 Å². The summed E-state index contributed by atoms with van der Waals surface area (Å²) >= 11 is 1.48. The first-order valence-corrected chi connectivity index (χ1v) is 10.7. The molecule has 1 amide bonds. The number of amides is 1. The highest BCUT2D eigenvalue weighted by Gasteiger charge is 2.25. The average Bonchev–Trinajstić information content (AvgIpc) is 3.42. The van der Waals surface area contributed by atoms with Gasteiger partial charge in [-0.15, -0.1) is 11.3 Å². The monoisotopic (exact) mass is 425 g/mol. The molecule has 0 spiro atoms. The van der Waals surface area contributed by atoms with Crippen molar-refractivity contribution >= 4 is 23.7 Å². The Bertz CT molecular complexity index is 1010. The number of piperazine rings is 1. The second kappa shape index (κ2) is 9.19.